The van der Waals surface area contributed by atoms with Crippen LogP contribution in [0, 0.1) is 0 Å². The topological polar surface area (TPSA) is 72.3 Å². The van der Waals surface area contributed by atoms with E-state index in [-0.39, 0.29) is 11.7 Å². The smallest absolute Gasteiger partial charge is 0.234 e. The summed E-state index contributed by atoms with van der Waals surface area (Å²) in [5.41, 5.74) is 2.88. The molecule has 1 saturated heterocycles. The van der Waals surface area contributed by atoms with Gasteiger partial charge in [0, 0.05) is 31.5 Å². The standard InChI is InChI=1S/C22H25N5O2S/c1-26-21(18-7-3-4-8-19(18)29-2)24-25-22(26)30-15-20(28)23-16-9-11-17(12-10-16)27-13-5-6-14-27/h3-4,7-12H,5-6,13-15H2,1-2H3,(H,23,28). The Labute approximate surface area is 180 Å². The normalized spacial score (nSPS) is 13.5. The molecule has 1 aliphatic rings. The highest BCUT2D eigenvalue weighted by atomic mass is 32.2. The van der Waals surface area contributed by atoms with Crippen LogP contribution in [-0.2, 0) is 11.8 Å². The lowest BCUT2D eigenvalue weighted by molar-refractivity contribution is -0.113. The van der Waals surface area contributed by atoms with E-state index in [9.17, 15) is 4.79 Å². The van der Waals surface area contributed by atoms with Crippen LogP contribution in [0.2, 0.25) is 0 Å². The number of methoxy groups -OCH3 is 1. The molecule has 4 rings (SSSR count). The molecule has 0 atom stereocenters. The van der Waals surface area contributed by atoms with E-state index in [2.05, 4.69) is 32.5 Å². The van der Waals surface area contributed by atoms with Gasteiger partial charge in [-0.3, -0.25) is 4.79 Å². The van der Waals surface area contributed by atoms with Crippen LogP contribution in [0.1, 0.15) is 12.8 Å². The van der Waals surface area contributed by atoms with Gasteiger partial charge in [-0.25, -0.2) is 0 Å². The van der Waals surface area contributed by atoms with Crippen molar-refractivity contribution in [1.29, 1.82) is 0 Å². The molecular weight excluding hydrogens is 398 g/mol. The number of hydrogen-bond donors (Lipinski definition) is 1. The van der Waals surface area contributed by atoms with Gasteiger partial charge in [0.05, 0.1) is 18.4 Å². The Morgan fingerprint density at radius 1 is 1.10 bits per heavy atom. The fourth-order valence-corrected chi connectivity index (χ4v) is 4.27. The van der Waals surface area contributed by atoms with E-state index in [0.717, 1.165) is 30.1 Å². The number of nitrogens with one attached hydrogen (secondary N) is 1. The maximum absolute atomic E-state index is 12.4. The van der Waals surface area contributed by atoms with Gasteiger partial charge in [0.15, 0.2) is 11.0 Å². The predicted molar refractivity (Wildman–Crippen MR) is 120 cm³/mol. The average molecular weight is 424 g/mol. The summed E-state index contributed by atoms with van der Waals surface area (Å²) in [6, 6.07) is 15.7. The van der Waals surface area contributed by atoms with Gasteiger partial charge >= 0.3 is 0 Å². The first-order valence-corrected chi connectivity index (χ1v) is 10.9. The Morgan fingerprint density at radius 3 is 2.57 bits per heavy atom. The van der Waals surface area contributed by atoms with Crippen LogP contribution in [0.4, 0.5) is 11.4 Å². The van der Waals surface area contributed by atoms with E-state index in [1.54, 1.807) is 7.11 Å². The fraction of sp³-hybridized carbons (Fsp3) is 0.318. The number of benzene rings is 2. The molecule has 0 aliphatic carbocycles. The fourth-order valence-electron chi connectivity index (χ4n) is 3.56. The summed E-state index contributed by atoms with van der Waals surface area (Å²) in [6.45, 7) is 2.22. The molecule has 2 aromatic carbocycles. The van der Waals surface area contributed by atoms with E-state index >= 15 is 0 Å². The molecule has 1 fully saturated rings. The number of thioether (sulfide) groups is 1. The molecule has 2 heterocycles. The highest BCUT2D eigenvalue weighted by molar-refractivity contribution is 7.99. The van der Waals surface area contributed by atoms with Crippen LogP contribution in [0.3, 0.4) is 0 Å². The molecule has 0 spiro atoms. The van der Waals surface area contributed by atoms with Crippen molar-refractivity contribution in [1.82, 2.24) is 14.8 Å². The second kappa shape index (κ2) is 9.21. The quantitative estimate of drug-likeness (QED) is 0.583. The lowest BCUT2D eigenvalue weighted by Crippen LogP contribution is -2.18. The molecule has 8 heteroatoms. The van der Waals surface area contributed by atoms with Gasteiger partial charge in [-0.15, -0.1) is 10.2 Å². The van der Waals surface area contributed by atoms with Crippen LogP contribution < -0.4 is 15.0 Å². The molecule has 3 aromatic rings. The summed E-state index contributed by atoms with van der Waals surface area (Å²) in [5.74, 6) is 1.62. The summed E-state index contributed by atoms with van der Waals surface area (Å²) in [5, 5.41) is 12.1. The van der Waals surface area contributed by atoms with Gasteiger partial charge < -0.3 is 19.5 Å². The predicted octanol–water partition coefficient (Wildman–Crippen LogP) is 3.82. The molecule has 1 aliphatic heterocycles. The van der Waals surface area contributed by atoms with Gasteiger partial charge in [-0.05, 0) is 49.2 Å². The number of rotatable bonds is 7. The van der Waals surface area contributed by atoms with Gasteiger partial charge in [0.1, 0.15) is 5.75 Å². The molecule has 1 N–H and O–H groups in total. The molecule has 1 aromatic heterocycles. The number of carbonyl (C=O) groups excluding carboxylic acids is 1. The largest absolute Gasteiger partial charge is 0.496 e. The van der Waals surface area contributed by atoms with Crippen molar-refractivity contribution in [2.45, 2.75) is 18.0 Å². The van der Waals surface area contributed by atoms with E-state index in [0.29, 0.717) is 11.0 Å². The SMILES string of the molecule is COc1ccccc1-c1nnc(SCC(=O)Nc2ccc(N3CCCC3)cc2)n1C. The number of ether oxygens (including phenoxy) is 1. The summed E-state index contributed by atoms with van der Waals surface area (Å²) in [7, 11) is 3.52. The Bertz CT molecular complexity index is 1010. The molecule has 0 radical (unpaired) electrons. The van der Waals surface area contributed by atoms with Gasteiger partial charge in [0.25, 0.3) is 0 Å². The number of amides is 1. The third-order valence-corrected chi connectivity index (χ3v) is 6.16. The lowest BCUT2D eigenvalue weighted by Gasteiger charge is -2.17. The van der Waals surface area contributed by atoms with Crippen molar-refractivity contribution in [2.75, 3.05) is 36.2 Å². The maximum Gasteiger partial charge on any atom is 0.234 e. The van der Waals surface area contributed by atoms with Gasteiger partial charge in [-0.2, -0.15) is 0 Å². The summed E-state index contributed by atoms with van der Waals surface area (Å²) in [4.78, 5) is 14.8. The number of carbonyl (C=O) groups is 1. The minimum absolute atomic E-state index is 0.0734. The minimum atomic E-state index is -0.0734. The van der Waals surface area contributed by atoms with Gasteiger partial charge in [-0.1, -0.05) is 23.9 Å². The maximum atomic E-state index is 12.4. The summed E-state index contributed by atoms with van der Waals surface area (Å²) >= 11 is 1.36. The third-order valence-electron chi connectivity index (χ3n) is 5.14. The number of aromatic nitrogens is 3. The van der Waals surface area contributed by atoms with Gasteiger partial charge in [0.2, 0.25) is 5.91 Å². The number of para-hydroxylation sites is 1. The van der Waals surface area contributed by atoms with Crippen molar-refractivity contribution < 1.29 is 9.53 Å². The Hall–Kier alpha value is -3.00. The first-order chi connectivity index (χ1) is 14.7. The highest BCUT2D eigenvalue weighted by Gasteiger charge is 2.16. The van der Waals surface area contributed by atoms with Crippen molar-refractivity contribution in [3.8, 4) is 17.1 Å². The molecule has 0 bridgehead atoms. The van der Waals surface area contributed by atoms with E-state index in [4.69, 9.17) is 4.74 Å². The second-order valence-electron chi connectivity index (χ2n) is 7.14. The Morgan fingerprint density at radius 2 is 1.83 bits per heavy atom. The van der Waals surface area contributed by atoms with Crippen molar-refractivity contribution in [3.63, 3.8) is 0 Å². The van der Waals surface area contributed by atoms with Crippen molar-refractivity contribution in [2.24, 2.45) is 7.05 Å². The third kappa shape index (κ3) is 4.43. The van der Waals surface area contributed by atoms with E-state index in [1.807, 2.05) is 48.0 Å². The van der Waals surface area contributed by atoms with E-state index in [1.165, 1.54) is 30.3 Å². The first kappa shape index (κ1) is 20.3. The van der Waals surface area contributed by atoms with Crippen molar-refractivity contribution >= 4 is 29.0 Å². The molecule has 0 unspecified atom stereocenters. The highest BCUT2D eigenvalue weighted by Crippen LogP contribution is 2.30. The zero-order valence-corrected chi connectivity index (χ0v) is 18.0. The lowest BCUT2D eigenvalue weighted by atomic mass is 10.2. The van der Waals surface area contributed by atoms with E-state index < -0.39 is 0 Å². The van der Waals surface area contributed by atoms with Crippen LogP contribution in [0.15, 0.2) is 53.7 Å². The van der Waals surface area contributed by atoms with Crippen molar-refractivity contribution in [3.05, 3.63) is 48.5 Å². The Kier molecular flexibility index (Phi) is 6.23. The Balaban J connectivity index is 1.36. The second-order valence-corrected chi connectivity index (χ2v) is 8.09. The molecule has 156 valence electrons. The zero-order valence-electron chi connectivity index (χ0n) is 17.2. The number of nitrogens with zero attached hydrogens (tertiary/aromatic N) is 4. The van der Waals surface area contributed by atoms with Crippen LogP contribution in [0.25, 0.3) is 11.4 Å². The molecule has 1 amide bonds. The summed E-state index contributed by atoms with van der Waals surface area (Å²) in [6.07, 6.45) is 2.49. The number of anilines is 2. The molecular formula is C22H25N5O2S. The molecule has 0 saturated carbocycles. The summed E-state index contributed by atoms with van der Waals surface area (Å²) < 4.78 is 7.29. The molecule has 30 heavy (non-hydrogen) atoms. The van der Waals surface area contributed by atoms with Crippen LogP contribution in [-0.4, -0.2) is 46.6 Å². The number of hydrogen-bond acceptors (Lipinski definition) is 6. The minimum Gasteiger partial charge on any atom is -0.496 e. The average Bonchev–Trinajstić information content (AvgIpc) is 3.43. The van der Waals surface area contributed by atoms with Crippen LogP contribution in [0.5, 0.6) is 5.75 Å². The zero-order chi connectivity index (χ0) is 20.9. The molecule has 7 nitrogen and oxygen atoms in total. The first-order valence-electron chi connectivity index (χ1n) is 9.96. The van der Waals surface area contributed by atoms with Crippen LogP contribution >= 0.6 is 11.8 Å². The monoisotopic (exact) mass is 423 g/mol.